The highest BCUT2D eigenvalue weighted by molar-refractivity contribution is 5.87. The van der Waals surface area contributed by atoms with E-state index in [4.69, 9.17) is 18.9 Å². The molecule has 0 bridgehead atoms. The molecule has 258 valence electrons. The van der Waals surface area contributed by atoms with E-state index in [9.17, 15) is 63.9 Å². The Morgan fingerprint density at radius 3 is 2.17 bits per heavy atom. The molecule has 0 aromatic heterocycles. The minimum Gasteiger partial charge on any atom is -0.512 e. The summed E-state index contributed by atoms with van der Waals surface area (Å²) < 4.78 is 63.0. The largest absolute Gasteiger partial charge is 0.512 e. The van der Waals surface area contributed by atoms with Crippen molar-refractivity contribution < 1.29 is 82.9 Å². The standard InChI is InChI=1S/C30H33F3O14/c31-30(32,33)15-11-20(24(41)25(42)23(15)40)45-28-26(43)29(44-8-7-14-2-5-17(36)19(38)10-14)46-21(12-34)27(28)47-22(39)6-3-13-1-4-16(35)18(37)9-13/h1-6,9-10,12,15,20,23-29,34-38,40-43H,7-8,11H2/b6-3+,21-12-/t15-,20-,23+,24+,25-,26-,27-,28-,29-/m1/s1. The third-order valence-corrected chi connectivity index (χ3v) is 7.67. The van der Waals surface area contributed by atoms with Crippen molar-refractivity contribution in [2.45, 2.75) is 68.0 Å². The van der Waals surface area contributed by atoms with Gasteiger partial charge in [0, 0.05) is 6.08 Å². The molecule has 0 amide bonds. The molecule has 9 N–H and O–H groups in total. The average Bonchev–Trinajstić information content (AvgIpc) is 3.01. The van der Waals surface area contributed by atoms with E-state index < -0.39 is 96.5 Å². The fourth-order valence-corrected chi connectivity index (χ4v) is 5.12. The van der Waals surface area contributed by atoms with Crippen molar-refractivity contribution in [2.24, 2.45) is 5.92 Å². The maximum atomic E-state index is 13.7. The number of hydrogen-bond donors (Lipinski definition) is 9. The Morgan fingerprint density at radius 2 is 1.55 bits per heavy atom. The minimum atomic E-state index is -5.03. The Bertz CT molecular complexity index is 1460. The van der Waals surface area contributed by atoms with Crippen LogP contribution >= 0.6 is 0 Å². The van der Waals surface area contributed by atoms with Crippen LogP contribution in [0.2, 0.25) is 0 Å². The molecule has 2 aliphatic rings. The molecule has 0 spiro atoms. The van der Waals surface area contributed by atoms with Crippen LogP contribution in [-0.2, 0) is 30.2 Å². The number of phenols is 4. The van der Waals surface area contributed by atoms with Gasteiger partial charge < -0.3 is 64.9 Å². The second kappa shape index (κ2) is 14.7. The lowest BCUT2D eigenvalue weighted by Crippen LogP contribution is -2.61. The first-order valence-corrected chi connectivity index (χ1v) is 14.1. The van der Waals surface area contributed by atoms with E-state index >= 15 is 0 Å². The Labute approximate surface area is 264 Å². The van der Waals surface area contributed by atoms with Crippen molar-refractivity contribution in [3.63, 3.8) is 0 Å². The van der Waals surface area contributed by atoms with Crippen molar-refractivity contribution in [2.75, 3.05) is 6.61 Å². The fourth-order valence-electron chi connectivity index (χ4n) is 5.12. The van der Waals surface area contributed by atoms with Crippen molar-refractivity contribution in [3.05, 3.63) is 65.6 Å². The second-order valence-electron chi connectivity index (χ2n) is 10.9. The predicted molar refractivity (Wildman–Crippen MR) is 151 cm³/mol. The van der Waals surface area contributed by atoms with Gasteiger partial charge in [0.15, 0.2) is 34.9 Å². The van der Waals surface area contributed by atoms with Crippen molar-refractivity contribution in [1.29, 1.82) is 0 Å². The van der Waals surface area contributed by atoms with E-state index in [1.54, 1.807) is 0 Å². The van der Waals surface area contributed by atoms with Gasteiger partial charge in [0.2, 0.25) is 6.29 Å². The highest BCUT2D eigenvalue weighted by atomic mass is 19.4. The molecule has 4 rings (SSSR count). The van der Waals surface area contributed by atoms with Gasteiger partial charge in [0.05, 0.1) is 24.7 Å². The van der Waals surface area contributed by atoms with E-state index in [2.05, 4.69) is 0 Å². The molecule has 14 nitrogen and oxygen atoms in total. The summed E-state index contributed by atoms with van der Waals surface area (Å²) in [7, 11) is 0. The Hall–Kier alpha value is -4.26. The number of hydrogen-bond acceptors (Lipinski definition) is 14. The van der Waals surface area contributed by atoms with Crippen molar-refractivity contribution >= 4 is 12.0 Å². The zero-order valence-corrected chi connectivity index (χ0v) is 24.2. The summed E-state index contributed by atoms with van der Waals surface area (Å²) in [5.74, 6) is -6.00. The lowest BCUT2D eigenvalue weighted by Gasteiger charge is -2.45. The smallest absolute Gasteiger partial charge is 0.394 e. The number of benzene rings is 2. The maximum absolute atomic E-state index is 13.7. The summed E-state index contributed by atoms with van der Waals surface area (Å²) in [5, 5.41) is 90.1. The molecule has 2 fully saturated rings. The van der Waals surface area contributed by atoms with Crippen LogP contribution in [0.25, 0.3) is 6.08 Å². The number of alkyl halides is 3. The molecule has 1 saturated heterocycles. The normalized spacial score (nSPS) is 30.7. The number of phenolic OH excluding ortho intramolecular Hbond substituents is 4. The van der Waals surface area contributed by atoms with Crippen molar-refractivity contribution in [1.82, 2.24) is 0 Å². The van der Waals surface area contributed by atoms with E-state index in [0.717, 1.165) is 24.3 Å². The molecule has 1 saturated carbocycles. The van der Waals surface area contributed by atoms with Gasteiger partial charge in [-0.15, -0.1) is 0 Å². The van der Waals surface area contributed by atoms with Crippen LogP contribution in [0.1, 0.15) is 17.5 Å². The van der Waals surface area contributed by atoms with Crippen molar-refractivity contribution in [3.8, 4) is 23.0 Å². The monoisotopic (exact) mass is 674 g/mol. The maximum Gasteiger partial charge on any atom is 0.394 e. The molecule has 0 radical (unpaired) electrons. The predicted octanol–water partition coefficient (Wildman–Crippen LogP) is 1.23. The molecule has 1 heterocycles. The van der Waals surface area contributed by atoms with Gasteiger partial charge in [-0.3, -0.25) is 0 Å². The fraction of sp³-hybridized carbons (Fsp3) is 0.433. The molecule has 9 atom stereocenters. The molecule has 1 aliphatic heterocycles. The number of carbonyl (C=O) groups excluding carboxylic acids is 1. The molecular weight excluding hydrogens is 641 g/mol. The quantitative estimate of drug-likeness (QED) is 0.0788. The summed E-state index contributed by atoms with van der Waals surface area (Å²) in [6, 6.07) is 7.51. The molecule has 2 aromatic rings. The third-order valence-electron chi connectivity index (χ3n) is 7.67. The average molecular weight is 675 g/mol. The van der Waals surface area contributed by atoms with Gasteiger partial charge >= 0.3 is 12.1 Å². The van der Waals surface area contributed by atoms with Crippen LogP contribution in [0.3, 0.4) is 0 Å². The van der Waals surface area contributed by atoms with Crippen LogP contribution in [-0.4, -0.2) is 114 Å². The number of halogens is 3. The summed E-state index contributed by atoms with van der Waals surface area (Å²) in [6.07, 6.45) is -19.8. The molecule has 0 unspecified atom stereocenters. The number of aliphatic hydroxyl groups excluding tert-OH is 5. The summed E-state index contributed by atoms with van der Waals surface area (Å²) >= 11 is 0. The van der Waals surface area contributed by atoms with Crippen LogP contribution in [0.4, 0.5) is 13.2 Å². The van der Waals surface area contributed by atoms with E-state index in [0.29, 0.717) is 11.8 Å². The van der Waals surface area contributed by atoms with Gasteiger partial charge in [-0.05, 0) is 54.3 Å². The van der Waals surface area contributed by atoms with Crippen LogP contribution < -0.4 is 0 Å². The highest BCUT2D eigenvalue weighted by Gasteiger charge is 2.56. The van der Waals surface area contributed by atoms with E-state index in [1.807, 2.05) is 0 Å². The number of rotatable bonds is 9. The molecule has 17 heteroatoms. The third kappa shape index (κ3) is 8.37. The van der Waals surface area contributed by atoms with Gasteiger partial charge in [-0.1, -0.05) is 12.1 Å². The molecule has 2 aromatic carbocycles. The summed E-state index contributed by atoms with van der Waals surface area (Å²) in [5.41, 5.74) is 0.710. The summed E-state index contributed by atoms with van der Waals surface area (Å²) in [6.45, 7) is -0.225. The van der Waals surface area contributed by atoms with E-state index in [1.165, 1.54) is 24.3 Å². The Morgan fingerprint density at radius 1 is 0.894 bits per heavy atom. The van der Waals surface area contributed by atoms with Gasteiger partial charge in [0.1, 0.15) is 30.7 Å². The van der Waals surface area contributed by atoms with Gasteiger partial charge in [0.25, 0.3) is 0 Å². The summed E-state index contributed by atoms with van der Waals surface area (Å²) in [4.78, 5) is 12.8. The number of esters is 1. The zero-order chi connectivity index (χ0) is 34.6. The highest BCUT2D eigenvalue weighted by Crippen LogP contribution is 2.41. The minimum absolute atomic E-state index is 0.0822. The number of ether oxygens (including phenoxy) is 4. The van der Waals surface area contributed by atoms with Crippen LogP contribution in [0.5, 0.6) is 23.0 Å². The first-order chi connectivity index (χ1) is 22.1. The second-order valence-corrected chi connectivity index (χ2v) is 10.9. The first-order valence-electron chi connectivity index (χ1n) is 14.1. The van der Waals surface area contributed by atoms with Gasteiger partial charge in [-0.2, -0.15) is 13.2 Å². The molecule has 47 heavy (non-hydrogen) atoms. The van der Waals surface area contributed by atoms with Gasteiger partial charge in [-0.25, -0.2) is 4.79 Å². The number of carbonyl (C=O) groups is 1. The lowest BCUT2D eigenvalue weighted by atomic mass is 9.80. The zero-order valence-electron chi connectivity index (χ0n) is 24.2. The topological polar surface area (TPSA) is 236 Å². The van der Waals surface area contributed by atoms with E-state index in [-0.39, 0.29) is 24.3 Å². The first kappa shape index (κ1) is 35.6. The lowest BCUT2D eigenvalue weighted by molar-refractivity contribution is -0.294. The molecule has 1 aliphatic carbocycles. The Kier molecular flexibility index (Phi) is 11.1. The molecular formula is C30H33F3O14. The van der Waals surface area contributed by atoms with Crippen LogP contribution in [0, 0.1) is 5.92 Å². The Balaban J connectivity index is 1.57. The number of aliphatic hydroxyl groups is 5. The SMILES string of the molecule is O=C(/C=C/c1ccc(O)c(O)c1)O[C@@H]1/C(=C/O)O[C@@H](OCCc2ccc(O)c(O)c2)[C@H](O)[C@H]1O[C@@H]1C[C@@H](C(F)(F)F)[C@H](O)[C@@H](O)[C@H]1O. The number of aromatic hydroxyl groups is 4. The van der Waals surface area contributed by atoms with Crippen LogP contribution in [0.15, 0.2) is 54.5 Å².